The van der Waals surface area contributed by atoms with Crippen LogP contribution in [-0.2, 0) is 17.6 Å². The zero-order valence-electron chi connectivity index (χ0n) is 16.2. The van der Waals surface area contributed by atoms with Gasteiger partial charge in [0.1, 0.15) is 5.75 Å². The molecule has 1 aliphatic heterocycles. The quantitative estimate of drug-likeness (QED) is 0.677. The predicted molar refractivity (Wildman–Crippen MR) is 116 cm³/mol. The van der Waals surface area contributed by atoms with Crippen molar-refractivity contribution in [2.45, 2.75) is 19.3 Å². The number of anilines is 2. The van der Waals surface area contributed by atoms with E-state index in [9.17, 15) is 9.59 Å². The van der Waals surface area contributed by atoms with Gasteiger partial charge in [0, 0.05) is 17.9 Å². The lowest BCUT2D eigenvalue weighted by Crippen LogP contribution is -2.35. The second kappa shape index (κ2) is 8.49. The van der Waals surface area contributed by atoms with Gasteiger partial charge < -0.3 is 15.0 Å². The fourth-order valence-corrected chi connectivity index (χ4v) is 4.20. The molecule has 4 rings (SSSR count). The summed E-state index contributed by atoms with van der Waals surface area (Å²) in [6.07, 6.45) is 2.15. The van der Waals surface area contributed by atoms with E-state index in [-0.39, 0.29) is 18.2 Å². The minimum Gasteiger partial charge on any atom is -0.497 e. The van der Waals surface area contributed by atoms with Crippen molar-refractivity contribution in [3.05, 3.63) is 76.0 Å². The number of rotatable bonds is 5. The molecule has 0 fully saturated rings. The second-order valence-electron chi connectivity index (χ2n) is 6.95. The Balaban J connectivity index is 1.49. The van der Waals surface area contributed by atoms with Crippen LogP contribution in [-0.4, -0.2) is 25.5 Å². The molecule has 0 saturated heterocycles. The molecule has 3 aromatic rings. The Morgan fingerprint density at radius 1 is 1.14 bits per heavy atom. The van der Waals surface area contributed by atoms with Crippen LogP contribution < -0.4 is 15.0 Å². The highest BCUT2D eigenvalue weighted by Gasteiger charge is 2.24. The monoisotopic (exact) mass is 406 g/mol. The van der Waals surface area contributed by atoms with E-state index >= 15 is 0 Å². The first kappa shape index (κ1) is 19.2. The van der Waals surface area contributed by atoms with Crippen molar-refractivity contribution in [3.63, 3.8) is 0 Å². The number of hydrogen-bond donors (Lipinski definition) is 1. The summed E-state index contributed by atoms with van der Waals surface area (Å²) in [7, 11) is 1.62. The molecule has 0 unspecified atom stereocenters. The van der Waals surface area contributed by atoms with Gasteiger partial charge in [-0.05, 0) is 59.7 Å². The molecule has 0 saturated carbocycles. The number of aryl methyl sites for hydroxylation is 1. The van der Waals surface area contributed by atoms with Crippen molar-refractivity contribution >= 4 is 34.5 Å². The number of fused-ring (bicyclic) bond motifs is 1. The van der Waals surface area contributed by atoms with Gasteiger partial charge in [0.15, 0.2) is 0 Å². The van der Waals surface area contributed by atoms with E-state index in [4.69, 9.17) is 4.74 Å². The number of ether oxygens (including phenoxy) is 1. The van der Waals surface area contributed by atoms with Gasteiger partial charge in [0.2, 0.25) is 5.91 Å². The Kier molecular flexibility index (Phi) is 5.62. The average Bonchev–Trinajstić information content (AvgIpc) is 3.28. The van der Waals surface area contributed by atoms with Gasteiger partial charge in [0.25, 0.3) is 5.91 Å². The number of carbonyl (C=O) groups is 2. The third kappa shape index (κ3) is 4.32. The van der Waals surface area contributed by atoms with Gasteiger partial charge in [-0.3, -0.25) is 9.59 Å². The zero-order chi connectivity index (χ0) is 20.2. The highest BCUT2D eigenvalue weighted by atomic mass is 32.1. The van der Waals surface area contributed by atoms with Crippen molar-refractivity contribution in [1.29, 1.82) is 0 Å². The molecule has 2 aromatic carbocycles. The molecule has 0 bridgehead atoms. The summed E-state index contributed by atoms with van der Waals surface area (Å²) in [6.45, 7) is 0.687. The van der Waals surface area contributed by atoms with E-state index in [1.54, 1.807) is 7.11 Å². The highest BCUT2D eigenvalue weighted by Crippen LogP contribution is 2.32. The number of hydrogen-bond acceptors (Lipinski definition) is 4. The second-order valence-corrected chi connectivity index (χ2v) is 7.90. The van der Waals surface area contributed by atoms with Crippen LogP contribution in [0.1, 0.15) is 27.2 Å². The van der Waals surface area contributed by atoms with Gasteiger partial charge in [-0.2, -0.15) is 0 Å². The third-order valence-corrected chi connectivity index (χ3v) is 5.85. The van der Waals surface area contributed by atoms with Crippen LogP contribution in [0.2, 0.25) is 0 Å². The number of benzene rings is 2. The van der Waals surface area contributed by atoms with Crippen molar-refractivity contribution in [2.75, 3.05) is 23.9 Å². The lowest BCUT2D eigenvalue weighted by Gasteiger charge is -2.29. The molecule has 0 spiro atoms. The van der Waals surface area contributed by atoms with E-state index in [0.29, 0.717) is 12.2 Å². The van der Waals surface area contributed by atoms with E-state index in [1.807, 2.05) is 64.9 Å². The number of carbonyl (C=O) groups excluding carboxylic acids is 2. The van der Waals surface area contributed by atoms with Crippen molar-refractivity contribution < 1.29 is 14.3 Å². The number of nitrogens with zero attached hydrogens (tertiary/aromatic N) is 1. The molecule has 1 aliphatic rings. The molecule has 0 aliphatic carbocycles. The predicted octanol–water partition coefficient (Wildman–Crippen LogP) is 4.53. The maximum absolute atomic E-state index is 12.9. The van der Waals surface area contributed by atoms with E-state index < -0.39 is 0 Å². The maximum atomic E-state index is 12.9. The first-order valence-electron chi connectivity index (χ1n) is 9.55. The SMILES string of the molecule is COc1ccc(CC(=O)Nc2ccc3c(c2)N(C(=O)c2cccs2)CCC3)cc1. The van der Waals surface area contributed by atoms with Crippen LogP contribution in [0.15, 0.2) is 60.0 Å². The molecular formula is C23H22N2O3S. The molecule has 1 N–H and O–H groups in total. The van der Waals surface area contributed by atoms with Crippen LogP contribution in [0.5, 0.6) is 5.75 Å². The van der Waals surface area contributed by atoms with E-state index in [0.717, 1.165) is 40.3 Å². The van der Waals surface area contributed by atoms with E-state index in [1.165, 1.54) is 11.3 Å². The molecule has 6 heteroatoms. The highest BCUT2D eigenvalue weighted by molar-refractivity contribution is 7.12. The minimum absolute atomic E-state index is 0.0164. The third-order valence-electron chi connectivity index (χ3n) is 4.99. The first-order chi connectivity index (χ1) is 14.1. The molecular weight excluding hydrogens is 384 g/mol. The van der Waals surface area contributed by atoms with Gasteiger partial charge >= 0.3 is 0 Å². The van der Waals surface area contributed by atoms with Crippen LogP contribution in [0, 0.1) is 0 Å². The fourth-order valence-electron chi connectivity index (χ4n) is 3.53. The van der Waals surface area contributed by atoms with Crippen LogP contribution >= 0.6 is 11.3 Å². The van der Waals surface area contributed by atoms with Crippen LogP contribution in [0.3, 0.4) is 0 Å². The maximum Gasteiger partial charge on any atom is 0.268 e. The molecule has 29 heavy (non-hydrogen) atoms. The van der Waals surface area contributed by atoms with Gasteiger partial charge in [-0.1, -0.05) is 24.3 Å². The Labute approximate surface area is 173 Å². The van der Waals surface area contributed by atoms with Crippen LogP contribution in [0.4, 0.5) is 11.4 Å². The standard InChI is InChI=1S/C23H22N2O3S/c1-28-19-10-6-16(7-11-19)14-22(26)24-18-9-8-17-4-2-12-25(20(17)15-18)23(27)21-5-3-13-29-21/h3,5-11,13,15H,2,4,12,14H2,1H3,(H,24,26). The molecule has 2 heterocycles. The molecule has 2 amide bonds. The summed E-state index contributed by atoms with van der Waals surface area (Å²) in [5, 5.41) is 4.87. The van der Waals surface area contributed by atoms with Crippen LogP contribution in [0.25, 0.3) is 0 Å². The van der Waals surface area contributed by atoms with Crippen molar-refractivity contribution in [3.8, 4) is 5.75 Å². The largest absolute Gasteiger partial charge is 0.497 e. The Bertz CT molecular complexity index is 1010. The average molecular weight is 407 g/mol. The topological polar surface area (TPSA) is 58.6 Å². The number of nitrogens with one attached hydrogen (secondary N) is 1. The number of methoxy groups -OCH3 is 1. The lowest BCUT2D eigenvalue weighted by atomic mass is 10.0. The fraction of sp³-hybridized carbons (Fsp3) is 0.217. The Morgan fingerprint density at radius 2 is 1.97 bits per heavy atom. The minimum atomic E-state index is -0.0953. The summed E-state index contributed by atoms with van der Waals surface area (Å²) in [4.78, 5) is 27.9. The summed E-state index contributed by atoms with van der Waals surface area (Å²) < 4.78 is 5.15. The van der Waals surface area contributed by atoms with Gasteiger partial charge in [0.05, 0.1) is 18.4 Å². The van der Waals surface area contributed by atoms with E-state index in [2.05, 4.69) is 5.32 Å². The zero-order valence-corrected chi connectivity index (χ0v) is 17.0. The Hall–Kier alpha value is -3.12. The molecule has 1 aromatic heterocycles. The lowest BCUT2D eigenvalue weighted by molar-refractivity contribution is -0.115. The number of thiophene rings is 1. The van der Waals surface area contributed by atoms with Crippen molar-refractivity contribution in [1.82, 2.24) is 0 Å². The summed E-state index contributed by atoms with van der Waals surface area (Å²) in [5.74, 6) is 0.684. The Morgan fingerprint density at radius 3 is 2.69 bits per heavy atom. The van der Waals surface area contributed by atoms with Crippen molar-refractivity contribution in [2.24, 2.45) is 0 Å². The molecule has 148 valence electrons. The number of amides is 2. The summed E-state index contributed by atoms with van der Waals surface area (Å²) in [6, 6.07) is 17.0. The summed E-state index contributed by atoms with van der Waals surface area (Å²) in [5.41, 5.74) is 3.63. The molecule has 0 radical (unpaired) electrons. The first-order valence-corrected chi connectivity index (χ1v) is 10.4. The van der Waals surface area contributed by atoms with Gasteiger partial charge in [-0.25, -0.2) is 0 Å². The molecule has 5 nitrogen and oxygen atoms in total. The summed E-state index contributed by atoms with van der Waals surface area (Å²) >= 11 is 1.45. The van der Waals surface area contributed by atoms with Gasteiger partial charge in [-0.15, -0.1) is 11.3 Å². The molecule has 0 atom stereocenters. The normalized spacial score (nSPS) is 12.9. The smallest absolute Gasteiger partial charge is 0.268 e.